The van der Waals surface area contributed by atoms with Crippen LogP contribution >= 0.6 is 11.6 Å². The SMILES string of the molecule is Cc1cc(-c2cccnc2Cl)c(C)cn1. The van der Waals surface area contributed by atoms with Crippen molar-refractivity contribution in [2.24, 2.45) is 0 Å². The van der Waals surface area contributed by atoms with Gasteiger partial charge >= 0.3 is 0 Å². The van der Waals surface area contributed by atoms with E-state index in [4.69, 9.17) is 11.6 Å². The molecule has 0 bridgehead atoms. The molecule has 0 saturated heterocycles. The Balaban J connectivity index is 2.64. The Morgan fingerprint density at radius 1 is 1.13 bits per heavy atom. The van der Waals surface area contributed by atoms with E-state index in [1.54, 1.807) is 6.20 Å². The van der Waals surface area contributed by atoms with Crippen molar-refractivity contribution in [3.63, 3.8) is 0 Å². The molecule has 0 saturated carbocycles. The molecule has 0 fully saturated rings. The summed E-state index contributed by atoms with van der Waals surface area (Å²) in [5, 5.41) is 0.534. The first kappa shape index (κ1) is 10.1. The molecule has 0 atom stereocenters. The Hall–Kier alpha value is -1.41. The number of hydrogen-bond donors (Lipinski definition) is 0. The Kier molecular flexibility index (Phi) is 2.69. The van der Waals surface area contributed by atoms with Crippen LogP contribution in [0.1, 0.15) is 11.3 Å². The zero-order valence-electron chi connectivity index (χ0n) is 8.66. The Labute approximate surface area is 94.0 Å². The smallest absolute Gasteiger partial charge is 0.136 e. The van der Waals surface area contributed by atoms with E-state index in [0.29, 0.717) is 5.15 Å². The molecule has 2 aromatic rings. The molecule has 15 heavy (non-hydrogen) atoms. The van der Waals surface area contributed by atoms with Crippen LogP contribution in [0.5, 0.6) is 0 Å². The standard InChI is InChI=1S/C12H11ClN2/c1-8-7-15-9(2)6-11(8)10-4-3-5-14-12(10)13/h3-7H,1-2H3. The molecule has 0 aromatic carbocycles. The van der Waals surface area contributed by atoms with Crippen LogP contribution in [0, 0.1) is 13.8 Å². The van der Waals surface area contributed by atoms with Gasteiger partial charge in [0.05, 0.1) is 0 Å². The van der Waals surface area contributed by atoms with Crippen molar-refractivity contribution in [3.8, 4) is 11.1 Å². The van der Waals surface area contributed by atoms with Crippen molar-refractivity contribution in [1.29, 1.82) is 0 Å². The zero-order valence-corrected chi connectivity index (χ0v) is 9.42. The second-order valence-corrected chi connectivity index (χ2v) is 3.84. The highest BCUT2D eigenvalue weighted by atomic mass is 35.5. The van der Waals surface area contributed by atoms with Crippen LogP contribution in [-0.2, 0) is 0 Å². The maximum Gasteiger partial charge on any atom is 0.136 e. The van der Waals surface area contributed by atoms with Crippen LogP contribution in [-0.4, -0.2) is 9.97 Å². The third kappa shape index (κ3) is 2.00. The fourth-order valence-corrected chi connectivity index (χ4v) is 1.73. The quantitative estimate of drug-likeness (QED) is 0.686. The zero-order chi connectivity index (χ0) is 10.8. The molecule has 2 rings (SSSR count). The molecule has 3 heteroatoms. The fourth-order valence-electron chi connectivity index (χ4n) is 1.51. The summed E-state index contributed by atoms with van der Waals surface area (Å²) in [5.74, 6) is 0. The predicted molar refractivity (Wildman–Crippen MR) is 62.0 cm³/mol. The van der Waals surface area contributed by atoms with Gasteiger partial charge in [0.25, 0.3) is 0 Å². The van der Waals surface area contributed by atoms with Crippen LogP contribution in [0.3, 0.4) is 0 Å². The maximum atomic E-state index is 6.05. The van der Waals surface area contributed by atoms with Gasteiger partial charge in [0.1, 0.15) is 5.15 Å². The second-order valence-electron chi connectivity index (χ2n) is 3.48. The molecule has 0 unspecified atom stereocenters. The number of aryl methyl sites for hydroxylation is 2. The Morgan fingerprint density at radius 2 is 1.93 bits per heavy atom. The summed E-state index contributed by atoms with van der Waals surface area (Å²) in [4.78, 5) is 8.30. The lowest BCUT2D eigenvalue weighted by Gasteiger charge is -2.07. The number of hydrogen-bond acceptors (Lipinski definition) is 2. The Bertz CT molecular complexity index is 495. The monoisotopic (exact) mass is 218 g/mol. The fraction of sp³-hybridized carbons (Fsp3) is 0.167. The average Bonchev–Trinajstić information content (AvgIpc) is 2.23. The van der Waals surface area contributed by atoms with E-state index in [1.165, 1.54) is 0 Å². The predicted octanol–water partition coefficient (Wildman–Crippen LogP) is 3.41. The van der Waals surface area contributed by atoms with Gasteiger partial charge in [-0.1, -0.05) is 11.6 Å². The summed E-state index contributed by atoms with van der Waals surface area (Å²) in [5.41, 5.74) is 4.15. The lowest BCUT2D eigenvalue weighted by molar-refractivity contribution is 1.17. The first-order valence-corrected chi connectivity index (χ1v) is 5.10. The minimum Gasteiger partial charge on any atom is -0.261 e. The number of nitrogens with zero attached hydrogens (tertiary/aromatic N) is 2. The molecule has 0 aliphatic carbocycles. The lowest BCUT2D eigenvalue weighted by Crippen LogP contribution is -1.90. The van der Waals surface area contributed by atoms with Gasteiger partial charge in [-0.05, 0) is 43.2 Å². The molecule has 0 N–H and O–H groups in total. The number of aromatic nitrogens is 2. The van der Waals surface area contributed by atoms with Crippen LogP contribution in [0.2, 0.25) is 5.15 Å². The van der Waals surface area contributed by atoms with Crippen LogP contribution in [0.25, 0.3) is 11.1 Å². The van der Waals surface area contributed by atoms with Crippen LogP contribution in [0.15, 0.2) is 30.6 Å². The lowest BCUT2D eigenvalue weighted by atomic mass is 10.0. The van der Waals surface area contributed by atoms with Gasteiger partial charge in [0.2, 0.25) is 0 Å². The van der Waals surface area contributed by atoms with Gasteiger partial charge in [-0.3, -0.25) is 4.98 Å². The summed E-state index contributed by atoms with van der Waals surface area (Å²) in [6.45, 7) is 3.98. The highest BCUT2D eigenvalue weighted by Crippen LogP contribution is 2.28. The van der Waals surface area contributed by atoms with E-state index in [1.807, 2.05) is 38.2 Å². The summed E-state index contributed by atoms with van der Waals surface area (Å²) < 4.78 is 0. The highest BCUT2D eigenvalue weighted by Gasteiger charge is 2.07. The highest BCUT2D eigenvalue weighted by molar-refractivity contribution is 6.32. The largest absolute Gasteiger partial charge is 0.261 e. The van der Waals surface area contributed by atoms with E-state index < -0.39 is 0 Å². The van der Waals surface area contributed by atoms with Gasteiger partial charge in [0.15, 0.2) is 0 Å². The van der Waals surface area contributed by atoms with Crippen molar-refractivity contribution < 1.29 is 0 Å². The first-order valence-electron chi connectivity index (χ1n) is 4.72. The van der Waals surface area contributed by atoms with Crippen molar-refractivity contribution in [3.05, 3.63) is 47.0 Å². The van der Waals surface area contributed by atoms with E-state index >= 15 is 0 Å². The average molecular weight is 219 g/mol. The molecular formula is C12H11ClN2. The summed E-state index contributed by atoms with van der Waals surface area (Å²) in [6.07, 6.45) is 3.54. The molecule has 2 heterocycles. The van der Waals surface area contributed by atoms with Crippen LogP contribution < -0.4 is 0 Å². The van der Waals surface area contributed by atoms with Gasteiger partial charge in [-0.25, -0.2) is 4.98 Å². The molecule has 2 aromatic heterocycles. The molecule has 0 radical (unpaired) electrons. The first-order chi connectivity index (χ1) is 7.18. The third-order valence-corrected chi connectivity index (χ3v) is 2.59. The molecule has 76 valence electrons. The summed E-state index contributed by atoms with van der Waals surface area (Å²) in [7, 11) is 0. The minimum absolute atomic E-state index is 0.534. The second kappa shape index (κ2) is 3.99. The van der Waals surface area contributed by atoms with Crippen molar-refractivity contribution >= 4 is 11.6 Å². The minimum atomic E-state index is 0.534. The normalized spacial score (nSPS) is 10.3. The summed E-state index contributed by atoms with van der Waals surface area (Å²) in [6, 6.07) is 5.88. The van der Waals surface area contributed by atoms with Gasteiger partial charge < -0.3 is 0 Å². The number of halogens is 1. The Morgan fingerprint density at radius 3 is 2.67 bits per heavy atom. The van der Waals surface area contributed by atoms with Gasteiger partial charge in [-0.2, -0.15) is 0 Å². The molecule has 0 aliphatic heterocycles. The molecule has 0 amide bonds. The van der Waals surface area contributed by atoms with Crippen molar-refractivity contribution in [2.75, 3.05) is 0 Å². The number of pyridine rings is 2. The van der Waals surface area contributed by atoms with E-state index in [9.17, 15) is 0 Å². The number of rotatable bonds is 1. The van der Waals surface area contributed by atoms with E-state index in [0.717, 1.165) is 22.4 Å². The van der Waals surface area contributed by atoms with E-state index in [2.05, 4.69) is 9.97 Å². The molecule has 2 nitrogen and oxygen atoms in total. The van der Waals surface area contributed by atoms with E-state index in [-0.39, 0.29) is 0 Å². The van der Waals surface area contributed by atoms with Crippen LogP contribution in [0.4, 0.5) is 0 Å². The van der Waals surface area contributed by atoms with Crippen molar-refractivity contribution in [2.45, 2.75) is 13.8 Å². The molecule has 0 spiro atoms. The maximum absolute atomic E-state index is 6.05. The summed E-state index contributed by atoms with van der Waals surface area (Å²) >= 11 is 6.05. The van der Waals surface area contributed by atoms with Gasteiger partial charge in [-0.15, -0.1) is 0 Å². The molecular weight excluding hydrogens is 208 g/mol. The third-order valence-electron chi connectivity index (χ3n) is 2.29. The topological polar surface area (TPSA) is 25.8 Å². The van der Waals surface area contributed by atoms with Gasteiger partial charge in [0, 0.05) is 23.7 Å². The molecule has 0 aliphatic rings. The van der Waals surface area contributed by atoms with Crippen molar-refractivity contribution in [1.82, 2.24) is 9.97 Å².